The second-order valence-electron chi connectivity index (χ2n) is 45.3. The highest BCUT2D eigenvalue weighted by molar-refractivity contribution is 5.96. The van der Waals surface area contributed by atoms with Crippen molar-refractivity contribution in [2.24, 2.45) is 0 Å². The molecule has 140 heavy (non-hydrogen) atoms. The van der Waals surface area contributed by atoms with Crippen LogP contribution in [0.15, 0.2) is 352 Å². The van der Waals surface area contributed by atoms with Crippen molar-refractivity contribution in [1.82, 2.24) is 0 Å². The van der Waals surface area contributed by atoms with Crippen molar-refractivity contribution in [3.05, 3.63) is 430 Å². The minimum absolute atomic E-state index is 0.0242. The highest BCUT2D eigenvalue weighted by atomic mass is 15.2. The Kier molecular flexibility index (Phi) is 25.3. The van der Waals surface area contributed by atoms with Gasteiger partial charge in [-0.2, -0.15) is 0 Å². The lowest BCUT2D eigenvalue weighted by molar-refractivity contribution is 0.555. The molecule has 2 unspecified atom stereocenters. The zero-order valence-electron chi connectivity index (χ0n) is 92.4. The summed E-state index contributed by atoms with van der Waals surface area (Å²) >= 11 is 0. The van der Waals surface area contributed by atoms with Crippen LogP contribution in [-0.4, -0.2) is 22.2 Å². The molecular formula is C136H148N4. The monoisotopic (exact) mass is 1840 g/mol. The molecule has 16 aromatic rings. The number of rotatable bonds is 16. The molecule has 0 radical (unpaired) electrons. The highest BCUT2D eigenvalue weighted by Crippen LogP contribution is 2.61. The van der Waals surface area contributed by atoms with Crippen molar-refractivity contribution in [3.63, 3.8) is 0 Å². The van der Waals surface area contributed by atoms with Crippen LogP contribution in [0.5, 0.6) is 0 Å². The van der Waals surface area contributed by atoms with E-state index in [-0.39, 0.29) is 43.8 Å². The molecule has 4 nitrogen and oxygen atoms in total. The molecule has 0 spiro atoms. The van der Waals surface area contributed by atoms with Gasteiger partial charge in [-0.25, -0.2) is 0 Å². The van der Waals surface area contributed by atoms with Gasteiger partial charge in [0.25, 0.3) is 0 Å². The molecule has 0 N–H and O–H groups in total. The van der Waals surface area contributed by atoms with E-state index in [4.69, 9.17) is 2.74 Å². The fourth-order valence-corrected chi connectivity index (χ4v) is 24.0. The Bertz CT molecular complexity index is 7240. The summed E-state index contributed by atoms with van der Waals surface area (Å²) in [5.74, 6) is -1.57. The van der Waals surface area contributed by atoms with Gasteiger partial charge in [-0.15, -0.1) is 0 Å². The first-order chi connectivity index (χ1) is 67.9. The van der Waals surface area contributed by atoms with Crippen LogP contribution in [0.2, 0.25) is 0 Å². The molecule has 0 heterocycles. The van der Waals surface area contributed by atoms with Gasteiger partial charge in [-0.3, -0.25) is 0 Å². The number of fused-ring (bicyclic) bond motifs is 12. The van der Waals surface area contributed by atoms with Crippen LogP contribution in [0.4, 0.5) is 45.5 Å². The molecule has 0 amide bonds. The summed E-state index contributed by atoms with van der Waals surface area (Å²) in [6, 6.07) is 126. The van der Waals surface area contributed by atoms with Gasteiger partial charge in [0, 0.05) is 106 Å². The second kappa shape index (κ2) is 38.0. The Labute approximate surface area is 846 Å². The Morgan fingerprint density at radius 3 is 0.864 bits per heavy atom. The second-order valence-corrected chi connectivity index (χ2v) is 45.3. The lowest BCUT2D eigenvalue weighted by Gasteiger charge is -2.42. The lowest BCUT2D eigenvalue weighted by atomic mass is 9.77. The summed E-state index contributed by atoms with van der Waals surface area (Å²) in [7, 11) is 0. The Morgan fingerprint density at radius 1 is 0.243 bits per heavy atom. The fourth-order valence-electron chi connectivity index (χ4n) is 24.0. The zero-order valence-corrected chi connectivity index (χ0v) is 88.4. The molecule has 0 saturated carbocycles. The number of hydrogen-bond acceptors (Lipinski definition) is 4. The zero-order chi connectivity index (χ0) is 103. The Morgan fingerprint density at radius 2 is 0.514 bits per heavy atom. The third-order valence-corrected chi connectivity index (χ3v) is 29.7. The van der Waals surface area contributed by atoms with E-state index >= 15 is 0 Å². The van der Waals surface area contributed by atoms with Crippen molar-refractivity contribution in [2.45, 2.75) is 262 Å². The van der Waals surface area contributed by atoms with Crippen molar-refractivity contribution < 1.29 is 5.48 Å². The van der Waals surface area contributed by atoms with E-state index in [0.29, 0.717) is 0 Å². The van der Waals surface area contributed by atoms with Gasteiger partial charge in [0.15, 0.2) is 0 Å². The summed E-state index contributed by atoms with van der Waals surface area (Å²) in [4.78, 5) is 9.90. The summed E-state index contributed by atoms with van der Waals surface area (Å²) in [5.41, 5.74) is 45.4. The van der Waals surface area contributed by atoms with Gasteiger partial charge in [0.2, 0.25) is 0 Å². The molecule has 20 rings (SSSR count). The predicted molar refractivity (Wildman–Crippen MR) is 608 cm³/mol. The topological polar surface area (TPSA) is 13.0 Å². The standard InChI is InChI=1S/C35H39N.2C34H37N.C33H35N/c1-8-24-18-15-20-27(25-16-11-10-12-17-25)33(24)36(34(3,4)5)31-23-22-29-28-19-13-14-21-30(28)35(6,7)32(29)26(31)9-2;2*1-23(2)31-30(22-21-27-26-18-11-13-19-28(26)34(6,7)32(27)31)35(33(3,4)5)29-20-14-12-17-25(29)24-15-9-8-10-16-24;1-22-14-13-18-25(24-15-9-8-10-16-24)31(22)34(32(3,4)5)29-21-20-27-26-17-11-12-19-28(26)33(6,7)30(27)23(29)2/h10-23H,8-9H2,1-7H3;2*8-23H,1-7H3;8-21H,1-7H3/i8D,9D;2*23D;. The van der Waals surface area contributed by atoms with Crippen LogP contribution in [0.25, 0.3) is 89.0 Å². The van der Waals surface area contributed by atoms with Gasteiger partial charge in [-0.1, -0.05) is 412 Å². The molecule has 4 heteroatoms. The van der Waals surface area contributed by atoms with E-state index < -0.39 is 24.6 Å². The van der Waals surface area contributed by atoms with Crippen LogP contribution in [0.1, 0.15) is 275 Å². The number of para-hydroxylation sites is 4. The first-order valence-electron chi connectivity index (χ1n) is 52.8. The number of hydrogen-bond donors (Lipinski definition) is 0. The molecule has 0 bridgehead atoms. The average molecular weight is 1840 g/mol. The van der Waals surface area contributed by atoms with E-state index in [0.717, 1.165) is 67.5 Å². The number of nitrogens with zero attached hydrogens (tertiary/aromatic N) is 4. The molecule has 0 aliphatic heterocycles. The van der Waals surface area contributed by atoms with Gasteiger partial charge >= 0.3 is 0 Å². The first kappa shape index (κ1) is 93.0. The highest BCUT2D eigenvalue weighted by Gasteiger charge is 2.46. The molecule has 4 aliphatic rings. The smallest absolute Gasteiger partial charge is 0.0527 e. The van der Waals surface area contributed by atoms with Crippen molar-refractivity contribution in [2.75, 3.05) is 19.6 Å². The van der Waals surface area contributed by atoms with E-state index in [2.05, 4.69) is 518 Å². The van der Waals surface area contributed by atoms with Crippen LogP contribution < -0.4 is 19.6 Å². The largest absolute Gasteiger partial charge is 0.335 e. The molecule has 0 saturated heterocycles. The molecule has 4 aliphatic carbocycles. The minimum Gasteiger partial charge on any atom is -0.335 e. The van der Waals surface area contributed by atoms with Gasteiger partial charge in [0.1, 0.15) is 0 Å². The van der Waals surface area contributed by atoms with Crippen molar-refractivity contribution in [3.8, 4) is 89.0 Å². The minimum atomic E-state index is -0.787. The summed E-state index contributed by atoms with van der Waals surface area (Å²) < 4.78 is 36.8. The molecule has 16 aromatic carbocycles. The SMILES string of the molecule is Cc1cccc(-c2ccccc2)c1N(c1ccc2c(c1C)C(C)(C)c1ccccc1-2)C(C)(C)C.[2H]C(C)(C)c1c(N(c2ccccc2-c2ccccc2)C(C)(C)C)ccc2c1C(C)(C)c1ccccc1-2.[2H]C(C)(C)c1c(N(c2ccccc2-c2ccccc2)C(C)(C)C)ccc2c1C(C)(C)c1ccccc1-2.[2H]C(C)c1cccc(-c2ccccc2)c1N(c1ccc2c(c1C([2H])C)C(C)(C)c1ccccc1-2)C(C)(C)C. The van der Waals surface area contributed by atoms with Gasteiger partial charge < -0.3 is 19.6 Å². The molecule has 0 fully saturated rings. The first-order valence-corrected chi connectivity index (χ1v) is 50.7. The van der Waals surface area contributed by atoms with E-state index in [1.165, 1.54) is 145 Å². The van der Waals surface area contributed by atoms with Crippen LogP contribution in [-0.2, 0) is 34.5 Å². The fraction of sp³-hybridized carbons (Fsp3) is 0.294. The number of anilines is 8. The van der Waals surface area contributed by atoms with Gasteiger partial charge in [0.05, 0.1) is 11.4 Å². The number of aryl methyl sites for hydroxylation is 2. The van der Waals surface area contributed by atoms with Crippen molar-refractivity contribution >= 4 is 45.5 Å². The van der Waals surface area contributed by atoms with Crippen LogP contribution >= 0.6 is 0 Å². The Balaban J connectivity index is 0.000000132. The molecular weight excluding hydrogens is 1690 g/mol. The predicted octanol–water partition coefficient (Wildman–Crippen LogP) is 38.4. The number of benzene rings is 16. The van der Waals surface area contributed by atoms with Crippen molar-refractivity contribution in [1.29, 1.82) is 0 Å². The van der Waals surface area contributed by atoms with Crippen LogP contribution in [0.3, 0.4) is 0 Å². The van der Waals surface area contributed by atoms with E-state index in [1.54, 1.807) is 0 Å². The maximum Gasteiger partial charge on any atom is 0.0527 e. The maximum atomic E-state index is 9.42. The van der Waals surface area contributed by atoms with Gasteiger partial charge in [-0.05, 0) is 303 Å². The van der Waals surface area contributed by atoms with E-state index in [1.807, 2.05) is 47.6 Å². The lowest BCUT2D eigenvalue weighted by Crippen LogP contribution is -2.39. The average Bonchev–Trinajstić information content (AvgIpc) is 1.55. The molecule has 712 valence electrons. The molecule has 0 aromatic heterocycles. The third kappa shape index (κ3) is 17.7. The summed E-state index contributed by atoms with van der Waals surface area (Å²) in [6.07, 6.45) is -0.815. The summed E-state index contributed by atoms with van der Waals surface area (Å²) in [6.45, 7) is 62.5. The quantitative estimate of drug-likeness (QED) is 0.0956. The Hall–Kier alpha value is -13.3. The normalized spacial score (nSPS) is 15.0. The van der Waals surface area contributed by atoms with Crippen LogP contribution in [0, 0.1) is 13.8 Å². The van der Waals surface area contributed by atoms with E-state index in [9.17, 15) is 2.74 Å². The summed E-state index contributed by atoms with van der Waals surface area (Å²) in [5, 5.41) is 0. The molecule has 2 atom stereocenters. The third-order valence-electron chi connectivity index (χ3n) is 29.7. The maximum absolute atomic E-state index is 9.42.